The molecule has 1 aromatic carbocycles. The molecule has 1 N–H and O–H groups in total. The SMILES string of the molecule is CC1(C)CNCCN(Cc2ccc(Cl)cc2)C1=O. The second-order valence-corrected chi connectivity index (χ2v) is 5.85. The Labute approximate surface area is 113 Å². The van der Waals surface area contributed by atoms with Gasteiger partial charge in [-0.1, -0.05) is 23.7 Å². The van der Waals surface area contributed by atoms with E-state index in [0.29, 0.717) is 6.54 Å². The Balaban J connectivity index is 2.12. The molecule has 0 unspecified atom stereocenters. The molecule has 18 heavy (non-hydrogen) atoms. The Kier molecular flexibility index (Phi) is 3.93. The van der Waals surface area contributed by atoms with Crippen molar-refractivity contribution in [2.75, 3.05) is 19.6 Å². The molecule has 1 aliphatic heterocycles. The van der Waals surface area contributed by atoms with E-state index in [-0.39, 0.29) is 11.3 Å². The average molecular weight is 267 g/mol. The summed E-state index contributed by atoms with van der Waals surface area (Å²) >= 11 is 5.86. The standard InChI is InChI=1S/C14H19ClN2O/c1-14(2)10-16-7-8-17(13(14)18)9-11-3-5-12(15)6-4-11/h3-6,16H,7-10H2,1-2H3. The molecule has 1 amide bonds. The number of rotatable bonds is 2. The van der Waals surface area contributed by atoms with Crippen molar-refractivity contribution >= 4 is 17.5 Å². The van der Waals surface area contributed by atoms with Crippen molar-refractivity contribution in [3.63, 3.8) is 0 Å². The van der Waals surface area contributed by atoms with Gasteiger partial charge in [-0.2, -0.15) is 0 Å². The van der Waals surface area contributed by atoms with Gasteiger partial charge in [0.1, 0.15) is 0 Å². The van der Waals surface area contributed by atoms with Gasteiger partial charge in [-0.3, -0.25) is 4.79 Å². The highest BCUT2D eigenvalue weighted by Crippen LogP contribution is 2.21. The fourth-order valence-corrected chi connectivity index (χ4v) is 2.31. The lowest BCUT2D eigenvalue weighted by molar-refractivity contribution is -0.139. The maximum absolute atomic E-state index is 12.4. The summed E-state index contributed by atoms with van der Waals surface area (Å²) in [7, 11) is 0. The van der Waals surface area contributed by atoms with Crippen LogP contribution in [0.1, 0.15) is 19.4 Å². The molecule has 1 aliphatic rings. The van der Waals surface area contributed by atoms with Gasteiger partial charge in [-0.05, 0) is 31.5 Å². The second kappa shape index (κ2) is 5.29. The van der Waals surface area contributed by atoms with Gasteiger partial charge in [-0.25, -0.2) is 0 Å². The third-order valence-electron chi connectivity index (χ3n) is 3.28. The minimum Gasteiger partial charge on any atom is -0.337 e. The fourth-order valence-electron chi connectivity index (χ4n) is 2.18. The van der Waals surface area contributed by atoms with Crippen LogP contribution in [0.4, 0.5) is 0 Å². The Morgan fingerprint density at radius 3 is 2.67 bits per heavy atom. The number of halogens is 1. The van der Waals surface area contributed by atoms with E-state index in [1.807, 2.05) is 43.0 Å². The quantitative estimate of drug-likeness (QED) is 0.891. The molecule has 2 rings (SSSR count). The van der Waals surface area contributed by atoms with Gasteiger partial charge in [0.05, 0.1) is 5.41 Å². The van der Waals surface area contributed by atoms with E-state index in [4.69, 9.17) is 11.6 Å². The molecule has 1 saturated heterocycles. The molecule has 1 aromatic rings. The lowest BCUT2D eigenvalue weighted by Crippen LogP contribution is -2.41. The molecule has 0 aliphatic carbocycles. The van der Waals surface area contributed by atoms with Crippen LogP contribution in [0.15, 0.2) is 24.3 Å². The van der Waals surface area contributed by atoms with Crippen LogP contribution in [0.5, 0.6) is 0 Å². The molecule has 0 radical (unpaired) electrons. The van der Waals surface area contributed by atoms with Crippen molar-refractivity contribution in [2.45, 2.75) is 20.4 Å². The lowest BCUT2D eigenvalue weighted by atomic mass is 9.92. The first kappa shape index (κ1) is 13.4. The molecule has 0 aromatic heterocycles. The molecule has 3 nitrogen and oxygen atoms in total. The molecule has 1 fully saturated rings. The smallest absolute Gasteiger partial charge is 0.229 e. The Bertz CT molecular complexity index is 428. The lowest BCUT2D eigenvalue weighted by Gasteiger charge is -2.28. The highest BCUT2D eigenvalue weighted by molar-refractivity contribution is 6.30. The summed E-state index contributed by atoms with van der Waals surface area (Å²) in [4.78, 5) is 14.3. The van der Waals surface area contributed by atoms with Crippen molar-refractivity contribution in [1.82, 2.24) is 10.2 Å². The van der Waals surface area contributed by atoms with Crippen LogP contribution in [-0.2, 0) is 11.3 Å². The van der Waals surface area contributed by atoms with Crippen LogP contribution < -0.4 is 5.32 Å². The van der Waals surface area contributed by atoms with Gasteiger partial charge < -0.3 is 10.2 Å². The van der Waals surface area contributed by atoms with Crippen molar-refractivity contribution < 1.29 is 4.79 Å². The van der Waals surface area contributed by atoms with Gasteiger partial charge in [-0.15, -0.1) is 0 Å². The fraction of sp³-hybridized carbons (Fsp3) is 0.500. The summed E-state index contributed by atoms with van der Waals surface area (Å²) in [6.07, 6.45) is 0. The summed E-state index contributed by atoms with van der Waals surface area (Å²) in [5.74, 6) is 0.211. The van der Waals surface area contributed by atoms with E-state index in [0.717, 1.165) is 30.2 Å². The number of carbonyl (C=O) groups excluding carboxylic acids is 1. The maximum atomic E-state index is 12.4. The highest BCUT2D eigenvalue weighted by atomic mass is 35.5. The van der Waals surface area contributed by atoms with Gasteiger partial charge >= 0.3 is 0 Å². The number of benzene rings is 1. The van der Waals surface area contributed by atoms with Gasteiger partial charge in [0.2, 0.25) is 5.91 Å². The maximum Gasteiger partial charge on any atom is 0.229 e. The third kappa shape index (κ3) is 3.03. The highest BCUT2D eigenvalue weighted by Gasteiger charge is 2.33. The van der Waals surface area contributed by atoms with Crippen LogP contribution in [0.2, 0.25) is 5.02 Å². The predicted octanol–water partition coefficient (Wildman–Crippen LogP) is 2.30. The summed E-state index contributed by atoms with van der Waals surface area (Å²) < 4.78 is 0. The molecule has 0 bridgehead atoms. The van der Waals surface area contributed by atoms with E-state index < -0.39 is 0 Å². The topological polar surface area (TPSA) is 32.3 Å². The van der Waals surface area contributed by atoms with Crippen molar-refractivity contribution in [1.29, 1.82) is 0 Å². The minimum atomic E-state index is -0.330. The van der Waals surface area contributed by atoms with Crippen LogP contribution in [0.25, 0.3) is 0 Å². The minimum absolute atomic E-state index is 0.211. The normalized spacial score (nSPS) is 19.7. The largest absolute Gasteiger partial charge is 0.337 e. The van der Waals surface area contributed by atoms with E-state index in [2.05, 4.69) is 5.32 Å². The monoisotopic (exact) mass is 266 g/mol. The summed E-state index contributed by atoms with van der Waals surface area (Å²) in [6.45, 7) is 6.97. The van der Waals surface area contributed by atoms with Crippen LogP contribution in [0.3, 0.4) is 0 Å². The molecule has 0 spiro atoms. The van der Waals surface area contributed by atoms with Crippen molar-refractivity contribution in [3.05, 3.63) is 34.9 Å². The van der Waals surface area contributed by atoms with Crippen molar-refractivity contribution in [3.8, 4) is 0 Å². The summed E-state index contributed by atoms with van der Waals surface area (Å²) in [6, 6.07) is 7.67. The van der Waals surface area contributed by atoms with Crippen LogP contribution in [-0.4, -0.2) is 30.4 Å². The number of carbonyl (C=O) groups is 1. The molecule has 0 atom stereocenters. The van der Waals surface area contributed by atoms with Gasteiger partial charge in [0, 0.05) is 31.2 Å². The Hall–Kier alpha value is -1.06. The molecular weight excluding hydrogens is 248 g/mol. The number of nitrogens with zero attached hydrogens (tertiary/aromatic N) is 1. The predicted molar refractivity (Wildman–Crippen MR) is 73.5 cm³/mol. The zero-order valence-electron chi connectivity index (χ0n) is 10.9. The van der Waals surface area contributed by atoms with E-state index in [1.54, 1.807) is 0 Å². The first-order valence-corrected chi connectivity index (χ1v) is 6.61. The summed E-state index contributed by atoms with van der Waals surface area (Å²) in [5.41, 5.74) is 0.786. The van der Waals surface area contributed by atoms with E-state index in [1.165, 1.54) is 0 Å². The second-order valence-electron chi connectivity index (χ2n) is 5.41. The number of hydrogen-bond acceptors (Lipinski definition) is 2. The number of nitrogens with one attached hydrogen (secondary N) is 1. The number of amides is 1. The first-order valence-electron chi connectivity index (χ1n) is 6.23. The molecule has 1 heterocycles. The Morgan fingerprint density at radius 1 is 1.33 bits per heavy atom. The average Bonchev–Trinajstić information content (AvgIpc) is 2.45. The number of hydrogen-bond donors (Lipinski definition) is 1. The van der Waals surface area contributed by atoms with E-state index >= 15 is 0 Å². The molecule has 0 saturated carbocycles. The van der Waals surface area contributed by atoms with Gasteiger partial charge in [0.25, 0.3) is 0 Å². The van der Waals surface area contributed by atoms with Crippen molar-refractivity contribution in [2.24, 2.45) is 5.41 Å². The Morgan fingerprint density at radius 2 is 2.00 bits per heavy atom. The zero-order chi connectivity index (χ0) is 13.2. The first-order chi connectivity index (χ1) is 8.49. The van der Waals surface area contributed by atoms with Crippen LogP contribution in [0, 0.1) is 5.41 Å². The third-order valence-corrected chi connectivity index (χ3v) is 3.53. The zero-order valence-corrected chi connectivity index (χ0v) is 11.6. The van der Waals surface area contributed by atoms with Gasteiger partial charge in [0.15, 0.2) is 0 Å². The summed E-state index contributed by atoms with van der Waals surface area (Å²) in [5, 5.41) is 4.03. The molecular formula is C14H19ClN2O. The van der Waals surface area contributed by atoms with Crippen LogP contribution >= 0.6 is 11.6 Å². The molecule has 98 valence electrons. The molecule has 4 heteroatoms. The van der Waals surface area contributed by atoms with E-state index in [9.17, 15) is 4.79 Å².